The van der Waals surface area contributed by atoms with E-state index in [1.165, 1.54) is 58.9 Å². The summed E-state index contributed by atoms with van der Waals surface area (Å²) in [7, 11) is 0. The van der Waals surface area contributed by atoms with Crippen molar-refractivity contribution >= 4 is 29.2 Å². The van der Waals surface area contributed by atoms with E-state index in [2.05, 4.69) is 10.6 Å². The van der Waals surface area contributed by atoms with Crippen LogP contribution in [0.3, 0.4) is 0 Å². The molecule has 45 heavy (non-hydrogen) atoms. The van der Waals surface area contributed by atoms with Crippen LogP contribution in [0, 0.1) is 11.3 Å². The fourth-order valence-corrected chi connectivity index (χ4v) is 5.40. The summed E-state index contributed by atoms with van der Waals surface area (Å²) in [6, 6.07) is 8.90. The second-order valence-corrected chi connectivity index (χ2v) is 13.3. The molecule has 6 nitrogen and oxygen atoms in total. The van der Waals surface area contributed by atoms with Gasteiger partial charge in [-0.2, -0.15) is 0 Å². The van der Waals surface area contributed by atoms with E-state index in [1.807, 2.05) is 0 Å². The van der Waals surface area contributed by atoms with Crippen LogP contribution in [-0.4, -0.2) is 48.5 Å². The average Bonchev–Trinajstić information content (AvgIpc) is 2.98. The number of carbonyl (C=O) groups excluding carboxylic acids is 3. The van der Waals surface area contributed by atoms with Gasteiger partial charge < -0.3 is 15.4 Å². The number of ketones is 1. The number of carbonyl (C=O) groups is 3. The molecule has 1 saturated carbocycles. The lowest BCUT2D eigenvalue weighted by Gasteiger charge is -2.33. The molecule has 2 aromatic carbocycles. The molecule has 0 saturated heterocycles. The van der Waals surface area contributed by atoms with Crippen LogP contribution in [0.2, 0.25) is 5.02 Å². The quantitative estimate of drug-likeness (QED) is 0.169. The van der Waals surface area contributed by atoms with Gasteiger partial charge in [0.1, 0.15) is 24.2 Å². The SMILES string of the molecule is CC(F)C1CCC(NC(=O)c2cc([C@@H](C)C(=O)c3cc(CNC(=O)C(C)(C)C(C)(C)F)ccc3Cl)ccc2OCC(F)F)CC1. The normalized spacial score (nSPS) is 18.7. The Balaban J connectivity index is 1.81. The first kappa shape index (κ1) is 36.3. The smallest absolute Gasteiger partial charge is 0.272 e. The number of alkyl halides is 4. The van der Waals surface area contributed by atoms with Gasteiger partial charge in [0, 0.05) is 24.1 Å². The molecular formula is C34H43ClF4N2O4. The number of Topliss-reactive ketones (excluding diaryl/α,β-unsaturated/α-hetero) is 1. The van der Waals surface area contributed by atoms with E-state index >= 15 is 0 Å². The molecular weight excluding hydrogens is 612 g/mol. The van der Waals surface area contributed by atoms with Gasteiger partial charge in [0.25, 0.3) is 12.3 Å². The molecule has 2 amide bonds. The Labute approximate surface area is 267 Å². The molecule has 0 radical (unpaired) electrons. The molecule has 2 aromatic rings. The average molecular weight is 655 g/mol. The lowest BCUT2D eigenvalue weighted by molar-refractivity contribution is -0.136. The van der Waals surface area contributed by atoms with Gasteiger partial charge in [-0.1, -0.05) is 30.7 Å². The minimum absolute atomic E-state index is 0.00902. The zero-order chi connectivity index (χ0) is 33.7. The number of benzene rings is 2. The Morgan fingerprint density at radius 3 is 2.18 bits per heavy atom. The Kier molecular flexibility index (Phi) is 12.1. The first-order valence-corrected chi connectivity index (χ1v) is 15.6. The molecule has 11 heteroatoms. The third kappa shape index (κ3) is 9.21. The number of hydrogen-bond donors (Lipinski definition) is 2. The Hall–Kier alpha value is -3.14. The van der Waals surface area contributed by atoms with E-state index in [9.17, 15) is 31.9 Å². The van der Waals surface area contributed by atoms with Gasteiger partial charge in [0.2, 0.25) is 5.91 Å². The fraction of sp³-hybridized carbons (Fsp3) is 0.559. The van der Waals surface area contributed by atoms with Crippen LogP contribution in [0.4, 0.5) is 17.6 Å². The van der Waals surface area contributed by atoms with Crippen molar-refractivity contribution in [3.05, 3.63) is 63.7 Å². The van der Waals surface area contributed by atoms with Crippen molar-refractivity contribution in [3.63, 3.8) is 0 Å². The number of hydrogen-bond acceptors (Lipinski definition) is 4. The highest BCUT2D eigenvalue weighted by Gasteiger charge is 2.43. The lowest BCUT2D eigenvalue weighted by Crippen LogP contribution is -2.47. The maximum absolute atomic E-state index is 14.6. The van der Waals surface area contributed by atoms with Crippen molar-refractivity contribution in [1.82, 2.24) is 10.6 Å². The summed E-state index contributed by atoms with van der Waals surface area (Å²) in [5, 5.41) is 5.81. The third-order valence-electron chi connectivity index (χ3n) is 9.07. The standard InChI is InChI=1S/C34H43ClF4N2O4/c1-19(30(42)25-15-21(7-13-27(25)35)17-40-32(44)33(3,4)34(5,6)39)23-10-14-28(45-18-29(37)38)26(16-23)31(43)41-24-11-8-22(9-12-24)20(2)36/h7,10,13-16,19-20,22,24,29H,8-9,11-12,17-18H2,1-6H3,(H,40,44)(H,41,43)/t19-,20?,22?,24?/m1/s1. The Morgan fingerprint density at radius 2 is 1.60 bits per heavy atom. The zero-order valence-electron chi connectivity index (χ0n) is 26.6. The highest BCUT2D eigenvalue weighted by molar-refractivity contribution is 6.34. The summed E-state index contributed by atoms with van der Waals surface area (Å²) >= 11 is 6.40. The number of rotatable bonds is 13. The van der Waals surface area contributed by atoms with Gasteiger partial charge in [0.15, 0.2) is 5.78 Å². The largest absolute Gasteiger partial charge is 0.487 e. The Bertz CT molecular complexity index is 1370. The Morgan fingerprint density at radius 1 is 0.956 bits per heavy atom. The highest BCUT2D eigenvalue weighted by atomic mass is 35.5. The molecule has 0 heterocycles. The molecule has 0 aromatic heterocycles. The maximum Gasteiger partial charge on any atom is 0.272 e. The van der Waals surface area contributed by atoms with E-state index in [1.54, 1.807) is 19.1 Å². The third-order valence-corrected chi connectivity index (χ3v) is 9.40. The van der Waals surface area contributed by atoms with Crippen LogP contribution in [0.1, 0.15) is 105 Å². The molecule has 0 bridgehead atoms. The van der Waals surface area contributed by atoms with Crippen molar-refractivity contribution in [2.45, 2.75) is 104 Å². The van der Waals surface area contributed by atoms with Crippen molar-refractivity contribution in [1.29, 1.82) is 0 Å². The summed E-state index contributed by atoms with van der Waals surface area (Å²) in [5.41, 5.74) is -1.86. The number of halogens is 5. The predicted molar refractivity (Wildman–Crippen MR) is 167 cm³/mol. The van der Waals surface area contributed by atoms with E-state index < -0.39 is 48.0 Å². The molecule has 1 fully saturated rings. The minimum atomic E-state index is -2.76. The molecule has 3 rings (SSSR count). The van der Waals surface area contributed by atoms with E-state index in [-0.39, 0.29) is 46.2 Å². The molecule has 1 unspecified atom stereocenters. The monoisotopic (exact) mass is 654 g/mol. The molecule has 248 valence electrons. The van der Waals surface area contributed by atoms with E-state index in [0.717, 1.165) is 0 Å². The van der Waals surface area contributed by atoms with Crippen LogP contribution < -0.4 is 15.4 Å². The van der Waals surface area contributed by atoms with Gasteiger partial charge in [-0.25, -0.2) is 17.6 Å². The van der Waals surface area contributed by atoms with Crippen molar-refractivity contribution in [2.24, 2.45) is 11.3 Å². The van der Waals surface area contributed by atoms with E-state index in [0.29, 0.717) is 36.8 Å². The fourth-order valence-electron chi connectivity index (χ4n) is 5.19. The molecule has 1 aliphatic carbocycles. The summed E-state index contributed by atoms with van der Waals surface area (Å²) in [4.78, 5) is 39.7. The first-order chi connectivity index (χ1) is 20.9. The van der Waals surface area contributed by atoms with Gasteiger partial charge in [-0.3, -0.25) is 14.4 Å². The summed E-state index contributed by atoms with van der Waals surface area (Å²) in [6.45, 7) is 7.98. The van der Waals surface area contributed by atoms with Crippen LogP contribution in [0.5, 0.6) is 5.75 Å². The van der Waals surface area contributed by atoms with Crippen molar-refractivity contribution in [3.8, 4) is 5.75 Å². The topological polar surface area (TPSA) is 84.5 Å². The zero-order valence-corrected chi connectivity index (χ0v) is 27.4. The van der Waals surface area contributed by atoms with Crippen LogP contribution in [0.25, 0.3) is 0 Å². The summed E-state index contributed by atoms with van der Waals surface area (Å²) < 4.78 is 59.4. The molecule has 0 aliphatic heterocycles. The maximum atomic E-state index is 14.6. The number of nitrogens with one attached hydrogen (secondary N) is 2. The number of ether oxygens (including phenoxy) is 1. The van der Waals surface area contributed by atoms with Gasteiger partial charge in [-0.05, 0) is 102 Å². The highest BCUT2D eigenvalue weighted by Crippen LogP contribution is 2.35. The van der Waals surface area contributed by atoms with Gasteiger partial charge >= 0.3 is 0 Å². The lowest BCUT2D eigenvalue weighted by atomic mass is 9.78. The molecule has 1 aliphatic rings. The predicted octanol–water partition coefficient (Wildman–Crippen LogP) is 8.01. The van der Waals surface area contributed by atoms with Crippen molar-refractivity contribution < 1.29 is 36.7 Å². The van der Waals surface area contributed by atoms with Crippen molar-refractivity contribution in [2.75, 3.05) is 6.61 Å². The van der Waals surface area contributed by atoms with Gasteiger partial charge in [0.05, 0.1) is 16.0 Å². The van der Waals surface area contributed by atoms with E-state index in [4.69, 9.17) is 16.3 Å². The molecule has 2 N–H and O–H groups in total. The summed E-state index contributed by atoms with van der Waals surface area (Å²) in [6.07, 6.45) is -1.26. The first-order valence-electron chi connectivity index (χ1n) is 15.2. The minimum Gasteiger partial charge on any atom is -0.487 e. The number of amides is 2. The molecule has 2 atom stereocenters. The second kappa shape index (κ2) is 15.0. The molecule has 0 spiro atoms. The summed E-state index contributed by atoms with van der Waals surface area (Å²) in [5.74, 6) is -2.30. The van der Waals surface area contributed by atoms with Crippen LogP contribution in [-0.2, 0) is 11.3 Å². The van der Waals surface area contributed by atoms with Crippen LogP contribution >= 0.6 is 11.6 Å². The van der Waals surface area contributed by atoms with Crippen LogP contribution in [0.15, 0.2) is 36.4 Å². The van der Waals surface area contributed by atoms with Gasteiger partial charge in [-0.15, -0.1) is 0 Å². The second-order valence-electron chi connectivity index (χ2n) is 12.9.